The van der Waals surface area contributed by atoms with Crippen molar-refractivity contribution in [1.29, 1.82) is 0 Å². The summed E-state index contributed by atoms with van der Waals surface area (Å²) in [6, 6.07) is 2.41. The van der Waals surface area contributed by atoms with Gasteiger partial charge in [-0.25, -0.2) is 0 Å². The molecule has 19 heavy (non-hydrogen) atoms. The highest BCUT2D eigenvalue weighted by Gasteiger charge is 2.31. The Morgan fingerprint density at radius 1 is 1.32 bits per heavy atom. The van der Waals surface area contributed by atoms with E-state index in [0.29, 0.717) is 21.7 Å². The van der Waals surface area contributed by atoms with E-state index in [2.05, 4.69) is 10.2 Å². The summed E-state index contributed by atoms with van der Waals surface area (Å²) in [4.78, 5) is 12.7. The van der Waals surface area contributed by atoms with Crippen molar-refractivity contribution in [2.24, 2.45) is 0 Å². The van der Waals surface area contributed by atoms with E-state index in [9.17, 15) is 4.79 Å². The quantitative estimate of drug-likeness (QED) is 0.905. The molecule has 5 nitrogen and oxygen atoms in total. The lowest BCUT2D eigenvalue weighted by atomic mass is 10.1. The number of rotatable bonds is 2. The van der Waals surface area contributed by atoms with Crippen LogP contribution in [0.5, 0.6) is 0 Å². The summed E-state index contributed by atoms with van der Waals surface area (Å²) in [7, 11) is 0. The van der Waals surface area contributed by atoms with Crippen LogP contribution >= 0.6 is 11.3 Å². The van der Waals surface area contributed by atoms with Crippen molar-refractivity contribution in [2.75, 3.05) is 5.73 Å². The van der Waals surface area contributed by atoms with Gasteiger partial charge in [0.15, 0.2) is 5.01 Å². The Hall–Kier alpha value is -1.69. The summed E-state index contributed by atoms with van der Waals surface area (Å²) in [5.41, 5.74) is 8.92. The molecule has 2 heterocycles. The molecule has 98 valence electrons. The SMILES string of the molecule is Nc1nnc(-c2cc3c(n(C4CC4)c2=O)CCC3)s1. The highest BCUT2D eigenvalue weighted by atomic mass is 32.1. The first kappa shape index (κ1) is 11.2. The van der Waals surface area contributed by atoms with Gasteiger partial charge in [0.1, 0.15) is 0 Å². The molecule has 6 heteroatoms. The average molecular weight is 274 g/mol. The first-order valence-electron chi connectivity index (χ1n) is 6.60. The molecule has 0 saturated heterocycles. The zero-order valence-corrected chi connectivity index (χ0v) is 11.2. The summed E-state index contributed by atoms with van der Waals surface area (Å²) in [5.74, 6) is 0. The number of fused-ring (bicyclic) bond motifs is 1. The smallest absolute Gasteiger partial charge is 0.261 e. The summed E-state index contributed by atoms with van der Waals surface area (Å²) in [5, 5.41) is 8.89. The molecule has 0 unspecified atom stereocenters. The van der Waals surface area contributed by atoms with Gasteiger partial charge in [-0.05, 0) is 43.7 Å². The maximum absolute atomic E-state index is 12.7. The minimum atomic E-state index is 0.0827. The normalized spacial score (nSPS) is 17.7. The lowest BCUT2D eigenvalue weighted by Gasteiger charge is -2.12. The fraction of sp³-hybridized carbons (Fsp3) is 0.462. The summed E-state index contributed by atoms with van der Waals surface area (Å²) < 4.78 is 2.01. The molecule has 2 aromatic heterocycles. The van der Waals surface area contributed by atoms with Crippen molar-refractivity contribution in [3.63, 3.8) is 0 Å². The van der Waals surface area contributed by atoms with Crippen molar-refractivity contribution >= 4 is 16.5 Å². The van der Waals surface area contributed by atoms with E-state index in [0.717, 1.165) is 32.1 Å². The lowest BCUT2D eigenvalue weighted by molar-refractivity contribution is 0.666. The molecule has 1 saturated carbocycles. The Bertz CT molecular complexity index is 714. The third kappa shape index (κ3) is 1.70. The molecule has 0 atom stereocenters. The summed E-state index contributed by atoms with van der Waals surface area (Å²) >= 11 is 1.28. The van der Waals surface area contributed by atoms with Crippen LogP contribution in [0, 0.1) is 0 Å². The zero-order valence-electron chi connectivity index (χ0n) is 10.4. The van der Waals surface area contributed by atoms with Gasteiger partial charge in [0.25, 0.3) is 5.56 Å². The van der Waals surface area contributed by atoms with E-state index in [4.69, 9.17) is 5.73 Å². The molecular weight excluding hydrogens is 260 g/mol. The monoisotopic (exact) mass is 274 g/mol. The highest BCUT2D eigenvalue weighted by molar-refractivity contribution is 7.18. The van der Waals surface area contributed by atoms with Crippen molar-refractivity contribution in [2.45, 2.75) is 38.1 Å². The van der Waals surface area contributed by atoms with Crippen LogP contribution in [0.15, 0.2) is 10.9 Å². The molecule has 0 aliphatic heterocycles. The highest BCUT2D eigenvalue weighted by Crippen LogP contribution is 2.38. The lowest BCUT2D eigenvalue weighted by Crippen LogP contribution is -2.24. The van der Waals surface area contributed by atoms with Crippen LogP contribution in [-0.4, -0.2) is 14.8 Å². The molecule has 0 amide bonds. The van der Waals surface area contributed by atoms with Gasteiger partial charge in [0, 0.05) is 11.7 Å². The van der Waals surface area contributed by atoms with E-state index >= 15 is 0 Å². The van der Waals surface area contributed by atoms with Gasteiger partial charge in [-0.1, -0.05) is 11.3 Å². The van der Waals surface area contributed by atoms with Crippen LogP contribution in [0.2, 0.25) is 0 Å². The summed E-state index contributed by atoms with van der Waals surface area (Å²) in [6.07, 6.45) is 5.47. The third-order valence-corrected chi connectivity index (χ3v) is 4.66. The van der Waals surface area contributed by atoms with E-state index in [1.807, 2.05) is 10.6 Å². The Balaban J connectivity index is 1.97. The van der Waals surface area contributed by atoms with Crippen LogP contribution in [0.1, 0.15) is 36.6 Å². The third-order valence-electron chi connectivity index (χ3n) is 3.87. The molecule has 2 aliphatic rings. The number of nitrogen functional groups attached to an aromatic ring is 1. The second-order valence-electron chi connectivity index (χ2n) is 5.24. The molecule has 4 rings (SSSR count). The van der Waals surface area contributed by atoms with E-state index < -0.39 is 0 Å². The average Bonchev–Trinajstić information content (AvgIpc) is 2.95. The first-order chi connectivity index (χ1) is 9.24. The maximum atomic E-state index is 12.7. The molecular formula is C13H14N4OS. The molecule has 0 spiro atoms. The number of aryl methyl sites for hydroxylation is 1. The minimum absolute atomic E-state index is 0.0827. The van der Waals surface area contributed by atoms with E-state index in [-0.39, 0.29) is 5.56 Å². The number of nitrogens with zero attached hydrogens (tertiary/aromatic N) is 3. The van der Waals surface area contributed by atoms with Gasteiger partial charge in [-0.3, -0.25) is 4.79 Å². The van der Waals surface area contributed by atoms with Gasteiger partial charge >= 0.3 is 0 Å². The molecule has 2 aliphatic carbocycles. The number of aromatic nitrogens is 3. The second kappa shape index (κ2) is 3.90. The fourth-order valence-electron chi connectivity index (χ4n) is 2.89. The molecule has 2 N–H and O–H groups in total. The number of hydrogen-bond donors (Lipinski definition) is 1. The van der Waals surface area contributed by atoms with Gasteiger partial charge in [-0.15, -0.1) is 10.2 Å². The number of hydrogen-bond acceptors (Lipinski definition) is 5. The van der Waals surface area contributed by atoms with Crippen LogP contribution in [0.3, 0.4) is 0 Å². The summed E-state index contributed by atoms with van der Waals surface area (Å²) in [6.45, 7) is 0. The number of pyridine rings is 1. The maximum Gasteiger partial charge on any atom is 0.261 e. The zero-order chi connectivity index (χ0) is 13.0. The Morgan fingerprint density at radius 3 is 2.84 bits per heavy atom. The van der Waals surface area contributed by atoms with Crippen LogP contribution in [0.4, 0.5) is 5.13 Å². The topological polar surface area (TPSA) is 73.8 Å². The van der Waals surface area contributed by atoms with Crippen LogP contribution in [0.25, 0.3) is 10.6 Å². The van der Waals surface area contributed by atoms with E-state index in [1.165, 1.54) is 22.6 Å². The predicted molar refractivity (Wildman–Crippen MR) is 74.3 cm³/mol. The minimum Gasteiger partial charge on any atom is -0.374 e. The molecule has 0 aromatic carbocycles. The van der Waals surface area contributed by atoms with Crippen molar-refractivity contribution in [1.82, 2.24) is 14.8 Å². The molecule has 0 radical (unpaired) electrons. The van der Waals surface area contributed by atoms with Gasteiger partial charge < -0.3 is 10.3 Å². The van der Waals surface area contributed by atoms with Crippen molar-refractivity contribution < 1.29 is 0 Å². The second-order valence-corrected chi connectivity index (χ2v) is 6.24. The number of nitrogens with two attached hydrogens (primary N) is 1. The van der Waals surface area contributed by atoms with Gasteiger partial charge in [-0.2, -0.15) is 0 Å². The Morgan fingerprint density at radius 2 is 2.16 bits per heavy atom. The molecule has 0 bridgehead atoms. The number of anilines is 1. The fourth-order valence-corrected chi connectivity index (χ4v) is 3.50. The largest absolute Gasteiger partial charge is 0.374 e. The Kier molecular flexibility index (Phi) is 2.29. The van der Waals surface area contributed by atoms with E-state index in [1.54, 1.807) is 0 Å². The van der Waals surface area contributed by atoms with Gasteiger partial charge in [0.2, 0.25) is 5.13 Å². The molecule has 1 fully saturated rings. The predicted octanol–water partition coefficient (Wildman–Crippen LogP) is 1.77. The van der Waals surface area contributed by atoms with Crippen molar-refractivity contribution in [3.05, 3.63) is 27.7 Å². The molecule has 2 aromatic rings. The van der Waals surface area contributed by atoms with Crippen LogP contribution in [-0.2, 0) is 12.8 Å². The van der Waals surface area contributed by atoms with Crippen molar-refractivity contribution in [3.8, 4) is 10.6 Å². The standard InChI is InChI=1S/C13H14N4OS/c14-13-16-15-11(19-13)9-6-7-2-1-3-10(7)17(12(9)18)8-4-5-8/h6,8H,1-5H2,(H2,14,16). The Labute approximate surface area is 114 Å². The first-order valence-corrected chi connectivity index (χ1v) is 7.42. The van der Waals surface area contributed by atoms with Crippen LogP contribution < -0.4 is 11.3 Å². The van der Waals surface area contributed by atoms with Gasteiger partial charge in [0.05, 0.1) is 5.56 Å².